The van der Waals surface area contributed by atoms with Crippen molar-refractivity contribution < 1.29 is 29.0 Å². The van der Waals surface area contributed by atoms with Crippen LogP contribution >= 0.6 is 22.9 Å². The Morgan fingerprint density at radius 2 is 1.74 bits per heavy atom. The highest BCUT2D eigenvalue weighted by molar-refractivity contribution is 7.22. The normalized spacial score (nSPS) is 27.5. The largest absolute Gasteiger partial charge is 0.508 e. The van der Waals surface area contributed by atoms with Crippen LogP contribution < -0.4 is 9.64 Å². The molecule has 13 heteroatoms. The van der Waals surface area contributed by atoms with E-state index in [-0.39, 0.29) is 41.8 Å². The van der Waals surface area contributed by atoms with Gasteiger partial charge in [0.1, 0.15) is 23.0 Å². The van der Waals surface area contributed by atoms with E-state index < -0.39 is 35.0 Å². The lowest BCUT2D eigenvalue weighted by molar-refractivity contribution is -0.144. The molecule has 2 aromatic heterocycles. The third-order valence-corrected chi connectivity index (χ3v) is 16.4. The molecule has 0 bridgehead atoms. The molecular weight excluding hydrogens is 822 g/mol. The maximum atomic E-state index is 15.4. The van der Waals surface area contributed by atoms with Crippen molar-refractivity contribution >= 4 is 62.5 Å². The number of carbonyl (C=O) groups is 4. The maximum absolute atomic E-state index is 15.4. The van der Waals surface area contributed by atoms with E-state index in [2.05, 4.69) is 23.1 Å². The number of thiophene rings is 1. The predicted molar refractivity (Wildman–Crippen MR) is 236 cm³/mol. The molecule has 62 heavy (non-hydrogen) atoms. The number of aromatic nitrogens is 2. The van der Waals surface area contributed by atoms with E-state index in [0.29, 0.717) is 48.0 Å². The average molecular weight is 868 g/mol. The number of fused-ring (bicyclic) bond motifs is 6. The molecule has 6 aliphatic rings. The number of piperidine rings is 1. The summed E-state index contributed by atoms with van der Waals surface area (Å²) in [6.07, 6.45) is 6.21. The zero-order valence-electron chi connectivity index (χ0n) is 34.7. The number of amides is 4. The number of aromatic hydroxyl groups is 1. The summed E-state index contributed by atoms with van der Waals surface area (Å²) in [5.41, 5.74) is 4.12. The number of hydrogen-bond acceptors (Lipinski definition) is 9. The van der Waals surface area contributed by atoms with Crippen molar-refractivity contribution in [3.8, 4) is 22.1 Å². The van der Waals surface area contributed by atoms with Crippen molar-refractivity contribution in [2.75, 3.05) is 18.0 Å². The van der Waals surface area contributed by atoms with Gasteiger partial charge >= 0.3 is 0 Å². The van der Waals surface area contributed by atoms with Gasteiger partial charge in [-0.25, -0.2) is 4.90 Å². The second-order valence-electron chi connectivity index (χ2n) is 18.2. The summed E-state index contributed by atoms with van der Waals surface area (Å²) < 4.78 is 8.87. The number of anilines is 1. The molecular formula is C49H46ClN5O6S. The molecule has 0 spiro atoms. The number of phenolic OH excluding ortho intramolecular Hbond substituents is 1. The van der Waals surface area contributed by atoms with Gasteiger partial charge in [0.15, 0.2) is 0 Å². The van der Waals surface area contributed by atoms with Crippen molar-refractivity contribution in [1.82, 2.24) is 19.6 Å². The van der Waals surface area contributed by atoms with Gasteiger partial charge in [-0.2, -0.15) is 5.10 Å². The van der Waals surface area contributed by atoms with Crippen LogP contribution in [0.4, 0.5) is 5.82 Å². The number of likely N-dealkylation sites (tertiary alicyclic amines) is 2. The average Bonchev–Trinajstić information content (AvgIpc) is 3.94. The molecule has 11 rings (SSSR count). The number of benzene rings is 3. The van der Waals surface area contributed by atoms with Gasteiger partial charge in [-0.15, -0.1) is 11.3 Å². The first kappa shape index (κ1) is 39.3. The molecule has 0 radical (unpaired) electrons. The van der Waals surface area contributed by atoms with Crippen molar-refractivity contribution in [3.05, 3.63) is 118 Å². The number of aryl methyl sites for hydroxylation is 2. The summed E-state index contributed by atoms with van der Waals surface area (Å²) >= 11 is 7.95. The highest BCUT2D eigenvalue weighted by atomic mass is 35.5. The monoisotopic (exact) mass is 867 g/mol. The number of nitrogens with zero attached hydrogens (tertiary/aromatic N) is 5. The number of ether oxygens (including phenoxy) is 1. The van der Waals surface area contributed by atoms with Crippen LogP contribution in [0.25, 0.3) is 20.7 Å². The molecule has 6 heterocycles. The van der Waals surface area contributed by atoms with Gasteiger partial charge in [0.05, 0.1) is 34.3 Å². The van der Waals surface area contributed by atoms with Crippen LogP contribution in [0.5, 0.6) is 11.5 Å². The number of rotatable bonds is 6. The summed E-state index contributed by atoms with van der Waals surface area (Å²) in [4.78, 5) is 66.0. The molecule has 1 N–H and O–H groups in total. The zero-order valence-corrected chi connectivity index (χ0v) is 36.3. The molecule has 6 atom stereocenters. The maximum Gasteiger partial charge on any atom is 0.242 e. The zero-order chi connectivity index (χ0) is 42.8. The smallest absolute Gasteiger partial charge is 0.242 e. The molecule has 3 saturated heterocycles. The van der Waals surface area contributed by atoms with E-state index in [9.17, 15) is 14.7 Å². The molecule has 3 aromatic carbocycles. The Kier molecular flexibility index (Phi) is 9.19. The SMILES string of the molecule is Cc1c(-c2cc(N3C(=O)[C@@H]4C[C@@H]5C(=CC[C@@H]6C(=O)N(C7CCN(Cc8ccccc8)CC7)C(=O)[C@@H]65)[C@H](C5=COc6ccc(O)cc6C5)[C@]4(C)C3=O)n(C)n2)sc2ccc(Cl)cc12. The molecule has 11 nitrogen and oxygen atoms in total. The lowest BCUT2D eigenvalue weighted by Crippen LogP contribution is -2.51. The van der Waals surface area contributed by atoms with Crippen molar-refractivity contribution in [2.45, 2.75) is 58.5 Å². The first-order valence-corrected chi connectivity index (χ1v) is 22.7. The third-order valence-electron chi connectivity index (χ3n) is 14.8. The Bertz CT molecular complexity index is 2800. The molecule has 0 unspecified atom stereocenters. The number of phenols is 1. The Balaban J connectivity index is 0.943. The summed E-state index contributed by atoms with van der Waals surface area (Å²) in [6.45, 7) is 6.30. The lowest BCUT2D eigenvalue weighted by atomic mass is 9.51. The number of imide groups is 2. The molecule has 4 fully saturated rings. The Morgan fingerprint density at radius 1 is 0.952 bits per heavy atom. The van der Waals surface area contributed by atoms with Gasteiger partial charge in [0.2, 0.25) is 23.6 Å². The highest BCUT2D eigenvalue weighted by Gasteiger charge is 2.68. The summed E-state index contributed by atoms with van der Waals surface area (Å²) in [5.74, 6) is -2.88. The topological polar surface area (TPSA) is 125 Å². The molecule has 316 valence electrons. The standard InChI is InChI=1S/C49H46ClN5O6S/c1-26-35-21-30(50)9-14-40(35)62-44(26)38-23-41(52(3)51-38)55-46(58)37-22-36-33(43(49(37,2)48(55)60)29-19-28-20-32(56)10-13-39(28)61-25-29)11-12-34-42(36)47(59)54(45(34)57)31-15-17-53(18-16-31)24-27-7-5-4-6-8-27/h4-11,13-14,20-21,23,25,31,34,36-37,42-43,56H,12,15-19,22,24H2,1-3H3/t34-,36+,37-,42-,43-,49+/m0/s1. The minimum absolute atomic E-state index is 0.0993. The van der Waals surface area contributed by atoms with Gasteiger partial charge in [-0.05, 0) is 104 Å². The van der Waals surface area contributed by atoms with Crippen LogP contribution in [-0.4, -0.2) is 67.4 Å². The van der Waals surface area contributed by atoms with Crippen molar-refractivity contribution in [3.63, 3.8) is 0 Å². The molecule has 4 aliphatic heterocycles. The van der Waals surface area contributed by atoms with Gasteiger partial charge in [0.25, 0.3) is 0 Å². The fraction of sp³-hybridized carbons (Fsp3) is 0.367. The summed E-state index contributed by atoms with van der Waals surface area (Å²) in [5, 5.41) is 17.0. The summed E-state index contributed by atoms with van der Waals surface area (Å²) in [7, 11) is 1.75. The van der Waals surface area contributed by atoms with Crippen LogP contribution in [0, 0.1) is 41.9 Å². The van der Waals surface area contributed by atoms with Crippen molar-refractivity contribution in [1.29, 1.82) is 0 Å². The Hall–Kier alpha value is -5.56. The highest BCUT2D eigenvalue weighted by Crippen LogP contribution is 2.63. The van der Waals surface area contributed by atoms with E-state index in [1.165, 1.54) is 10.5 Å². The van der Waals surface area contributed by atoms with E-state index in [1.807, 2.05) is 56.3 Å². The third kappa shape index (κ3) is 5.89. The van der Waals surface area contributed by atoms with Gasteiger partial charge in [-0.1, -0.05) is 53.6 Å². The molecule has 4 amide bonds. The number of halogens is 1. The second-order valence-corrected chi connectivity index (χ2v) is 19.7. The van der Waals surface area contributed by atoms with Crippen molar-refractivity contribution in [2.24, 2.45) is 42.1 Å². The Labute approximate surface area is 368 Å². The van der Waals surface area contributed by atoms with E-state index in [0.717, 1.165) is 56.9 Å². The molecule has 1 saturated carbocycles. The molecule has 5 aromatic rings. The van der Waals surface area contributed by atoms with Crippen LogP contribution in [0.1, 0.15) is 49.3 Å². The number of allylic oxidation sites excluding steroid dienone is 3. The fourth-order valence-electron chi connectivity index (χ4n) is 11.8. The van der Waals surface area contributed by atoms with E-state index >= 15 is 9.59 Å². The number of hydrogen-bond donors (Lipinski definition) is 1. The first-order chi connectivity index (χ1) is 29.9. The second kappa shape index (κ2) is 14.5. The van der Waals surface area contributed by atoms with Crippen LogP contribution in [0.2, 0.25) is 5.02 Å². The number of carbonyl (C=O) groups excluding carboxylic acids is 4. The van der Waals surface area contributed by atoms with Gasteiger partial charge in [0, 0.05) is 66.4 Å². The molecule has 2 aliphatic carbocycles. The summed E-state index contributed by atoms with van der Waals surface area (Å²) in [6, 6.07) is 22.7. The van der Waals surface area contributed by atoms with E-state index in [1.54, 1.807) is 52.4 Å². The lowest BCUT2D eigenvalue weighted by Gasteiger charge is -2.50. The predicted octanol–water partition coefficient (Wildman–Crippen LogP) is 8.22. The minimum atomic E-state index is -1.25. The Morgan fingerprint density at radius 3 is 2.53 bits per heavy atom. The van der Waals surface area contributed by atoms with Crippen LogP contribution in [-0.2, 0) is 39.2 Å². The van der Waals surface area contributed by atoms with Crippen LogP contribution in [0.15, 0.2) is 96.3 Å². The van der Waals surface area contributed by atoms with Gasteiger partial charge < -0.3 is 9.84 Å². The fourth-order valence-corrected chi connectivity index (χ4v) is 13.2. The first-order valence-electron chi connectivity index (χ1n) is 21.5. The van der Waals surface area contributed by atoms with Gasteiger partial charge in [-0.3, -0.25) is 33.7 Å². The van der Waals surface area contributed by atoms with Crippen LogP contribution in [0.3, 0.4) is 0 Å². The quantitative estimate of drug-likeness (QED) is 0.134. The van der Waals surface area contributed by atoms with E-state index in [4.69, 9.17) is 21.4 Å². The minimum Gasteiger partial charge on any atom is -0.508 e.